The van der Waals surface area contributed by atoms with Gasteiger partial charge in [-0.05, 0) is 29.8 Å². The van der Waals surface area contributed by atoms with Gasteiger partial charge in [0.1, 0.15) is 0 Å². The number of hydrogen-bond acceptors (Lipinski definition) is 3. The van der Waals surface area contributed by atoms with Crippen molar-refractivity contribution in [3.05, 3.63) is 53.1 Å². The fourth-order valence-corrected chi connectivity index (χ4v) is 2.59. The molecule has 1 aliphatic rings. The predicted molar refractivity (Wildman–Crippen MR) is 85.8 cm³/mol. The normalized spacial score (nSPS) is 13.3. The van der Waals surface area contributed by atoms with Crippen LogP contribution >= 0.6 is 11.6 Å². The topological polar surface area (TPSA) is 47.6 Å². The molecular formula is C17H16ClNO3. The maximum atomic E-state index is 12.1. The Hall–Kier alpha value is -2.20. The molecule has 1 N–H and O–H groups in total. The minimum absolute atomic E-state index is 0.100. The summed E-state index contributed by atoms with van der Waals surface area (Å²) in [5, 5.41) is 3.32. The van der Waals surface area contributed by atoms with Crippen molar-refractivity contribution in [3.8, 4) is 11.5 Å². The zero-order chi connectivity index (χ0) is 15.4. The molecule has 0 atom stereocenters. The molecule has 0 radical (unpaired) electrons. The van der Waals surface area contributed by atoms with Crippen LogP contribution in [0, 0.1) is 0 Å². The highest BCUT2D eigenvalue weighted by atomic mass is 35.5. The first-order valence-corrected chi connectivity index (χ1v) is 7.53. The number of para-hydroxylation sites is 1. The van der Waals surface area contributed by atoms with E-state index in [1.54, 1.807) is 6.07 Å². The zero-order valence-corrected chi connectivity index (χ0v) is 12.7. The first-order valence-electron chi connectivity index (χ1n) is 7.15. The summed E-state index contributed by atoms with van der Waals surface area (Å²) in [7, 11) is 0. The van der Waals surface area contributed by atoms with Crippen molar-refractivity contribution in [1.29, 1.82) is 0 Å². The van der Waals surface area contributed by atoms with Crippen LogP contribution in [0.2, 0.25) is 5.02 Å². The summed E-state index contributed by atoms with van der Waals surface area (Å²) in [5.41, 5.74) is 1.57. The maximum absolute atomic E-state index is 12.1. The van der Waals surface area contributed by atoms with Crippen LogP contribution in [0.25, 0.3) is 0 Å². The van der Waals surface area contributed by atoms with Crippen LogP contribution in [-0.2, 0) is 11.2 Å². The lowest BCUT2D eigenvalue weighted by Crippen LogP contribution is -2.14. The van der Waals surface area contributed by atoms with Crippen molar-refractivity contribution in [3.63, 3.8) is 0 Å². The van der Waals surface area contributed by atoms with Crippen LogP contribution < -0.4 is 14.8 Å². The number of halogens is 1. The molecule has 114 valence electrons. The van der Waals surface area contributed by atoms with Crippen LogP contribution in [-0.4, -0.2) is 19.1 Å². The van der Waals surface area contributed by atoms with Crippen LogP contribution in [0.15, 0.2) is 42.5 Å². The number of nitrogens with one attached hydrogen (secondary N) is 1. The minimum atomic E-state index is -0.100. The second kappa shape index (κ2) is 6.71. The Kier molecular flexibility index (Phi) is 4.49. The third-order valence-corrected chi connectivity index (χ3v) is 3.56. The van der Waals surface area contributed by atoms with Crippen molar-refractivity contribution in [2.75, 3.05) is 18.5 Å². The van der Waals surface area contributed by atoms with E-state index in [1.807, 2.05) is 36.4 Å². The van der Waals surface area contributed by atoms with Crippen LogP contribution in [0.4, 0.5) is 5.69 Å². The second-order valence-electron chi connectivity index (χ2n) is 5.05. The molecule has 0 aromatic heterocycles. The summed E-state index contributed by atoms with van der Waals surface area (Å²) >= 11 is 6.23. The largest absolute Gasteiger partial charge is 0.489 e. The van der Waals surface area contributed by atoms with Crippen molar-refractivity contribution in [2.24, 2.45) is 0 Å². The Bertz CT molecular complexity index is 673. The fraction of sp³-hybridized carbons (Fsp3) is 0.235. The van der Waals surface area contributed by atoms with Crippen LogP contribution in [0.1, 0.15) is 12.0 Å². The van der Waals surface area contributed by atoms with Gasteiger partial charge in [0, 0.05) is 12.1 Å². The molecule has 4 nitrogen and oxygen atoms in total. The molecule has 3 rings (SSSR count). The molecule has 0 fully saturated rings. The molecule has 0 bridgehead atoms. The highest BCUT2D eigenvalue weighted by Crippen LogP contribution is 2.38. The number of anilines is 1. The first-order chi connectivity index (χ1) is 10.7. The van der Waals surface area contributed by atoms with Crippen LogP contribution in [0.5, 0.6) is 11.5 Å². The Morgan fingerprint density at radius 3 is 2.73 bits per heavy atom. The number of fused-ring (bicyclic) bond motifs is 1. The molecule has 1 amide bonds. The standard InChI is InChI=1S/C17H16ClNO3/c18-14-9-12(10-15-17(14)22-8-4-7-21-15)11-16(20)19-13-5-2-1-3-6-13/h1-3,5-6,9-10H,4,7-8,11H2,(H,19,20). The number of ether oxygens (including phenoxy) is 2. The van der Waals surface area contributed by atoms with E-state index in [4.69, 9.17) is 21.1 Å². The quantitative estimate of drug-likeness (QED) is 0.939. The third-order valence-electron chi connectivity index (χ3n) is 3.28. The summed E-state index contributed by atoms with van der Waals surface area (Å²) in [6.07, 6.45) is 1.04. The van der Waals surface area contributed by atoms with E-state index >= 15 is 0 Å². The Morgan fingerprint density at radius 2 is 1.91 bits per heavy atom. The lowest BCUT2D eigenvalue weighted by Gasteiger charge is -2.11. The number of carbonyl (C=O) groups excluding carboxylic acids is 1. The van der Waals surface area contributed by atoms with E-state index in [0.29, 0.717) is 29.7 Å². The van der Waals surface area contributed by atoms with Gasteiger partial charge in [-0.15, -0.1) is 0 Å². The number of rotatable bonds is 3. The maximum Gasteiger partial charge on any atom is 0.228 e. The highest BCUT2D eigenvalue weighted by Gasteiger charge is 2.16. The van der Waals surface area contributed by atoms with E-state index in [9.17, 15) is 4.79 Å². The van der Waals surface area contributed by atoms with Gasteiger partial charge in [0.15, 0.2) is 11.5 Å². The lowest BCUT2D eigenvalue weighted by atomic mass is 10.1. The molecule has 0 aliphatic carbocycles. The third kappa shape index (κ3) is 3.52. The average Bonchev–Trinajstić information content (AvgIpc) is 2.74. The van der Waals surface area contributed by atoms with Crippen molar-refractivity contribution < 1.29 is 14.3 Å². The Morgan fingerprint density at radius 1 is 1.14 bits per heavy atom. The molecule has 1 heterocycles. The predicted octanol–water partition coefficient (Wildman–Crippen LogP) is 3.68. The molecule has 5 heteroatoms. The minimum Gasteiger partial charge on any atom is -0.489 e. The van der Waals surface area contributed by atoms with E-state index in [2.05, 4.69) is 5.32 Å². The van der Waals surface area contributed by atoms with Gasteiger partial charge >= 0.3 is 0 Å². The summed E-state index contributed by atoms with van der Waals surface area (Å²) < 4.78 is 11.2. The molecule has 2 aromatic rings. The van der Waals surface area contributed by atoms with Gasteiger partial charge in [-0.25, -0.2) is 0 Å². The average molecular weight is 318 g/mol. The fourth-order valence-electron chi connectivity index (χ4n) is 2.30. The monoisotopic (exact) mass is 317 g/mol. The van der Waals surface area contributed by atoms with Gasteiger partial charge in [0.25, 0.3) is 0 Å². The first kappa shape index (κ1) is 14.7. The van der Waals surface area contributed by atoms with E-state index in [0.717, 1.165) is 17.7 Å². The highest BCUT2D eigenvalue weighted by molar-refractivity contribution is 6.32. The second-order valence-corrected chi connectivity index (χ2v) is 5.45. The molecule has 2 aromatic carbocycles. The van der Waals surface area contributed by atoms with Gasteiger partial charge in [0.05, 0.1) is 24.7 Å². The molecule has 22 heavy (non-hydrogen) atoms. The Labute approximate surface area is 134 Å². The number of benzene rings is 2. The smallest absolute Gasteiger partial charge is 0.228 e. The van der Waals surface area contributed by atoms with Crippen molar-refractivity contribution in [2.45, 2.75) is 12.8 Å². The number of hydrogen-bond donors (Lipinski definition) is 1. The molecule has 0 unspecified atom stereocenters. The van der Waals surface area contributed by atoms with Crippen molar-refractivity contribution in [1.82, 2.24) is 0 Å². The van der Waals surface area contributed by atoms with Gasteiger partial charge in [0.2, 0.25) is 5.91 Å². The number of carbonyl (C=O) groups is 1. The number of amides is 1. The summed E-state index contributed by atoms with van der Waals surface area (Å²) in [6.45, 7) is 1.17. The SMILES string of the molecule is O=C(Cc1cc(Cl)c2c(c1)OCCCO2)Nc1ccccc1. The van der Waals surface area contributed by atoms with E-state index in [-0.39, 0.29) is 12.3 Å². The van der Waals surface area contributed by atoms with E-state index in [1.165, 1.54) is 0 Å². The molecule has 1 aliphatic heterocycles. The summed E-state index contributed by atoms with van der Waals surface area (Å²) in [4.78, 5) is 12.1. The lowest BCUT2D eigenvalue weighted by molar-refractivity contribution is -0.115. The van der Waals surface area contributed by atoms with Gasteiger partial charge < -0.3 is 14.8 Å². The van der Waals surface area contributed by atoms with Gasteiger partial charge in [-0.2, -0.15) is 0 Å². The van der Waals surface area contributed by atoms with Gasteiger partial charge in [-0.1, -0.05) is 29.8 Å². The van der Waals surface area contributed by atoms with E-state index < -0.39 is 0 Å². The zero-order valence-electron chi connectivity index (χ0n) is 12.0. The van der Waals surface area contributed by atoms with Crippen molar-refractivity contribution >= 4 is 23.2 Å². The van der Waals surface area contributed by atoms with Crippen LogP contribution in [0.3, 0.4) is 0 Å². The van der Waals surface area contributed by atoms with Gasteiger partial charge in [-0.3, -0.25) is 4.79 Å². The summed E-state index contributed by atoms with van der Waals surface area (Å²) in [5.74, 6) is 1.07. The summed E-state index contributed by atoms with van der Waals surface area (Å²) in [6, 6.07) is 12.9. The molecule has 0 spiro atoms. The molecule has 0 saturated heterocycles. The molecular weight excluding hydrogens is 302 g/mol. The molecule has 0 saturated carbocycles. The Balaban J connectivity index is 1.74.